The Balaban J connectivity index is 2.11. The molecule has 2 heterocycles. The van der Waals surface area contributed by atoms with Crippen molar-refractivity contribution in [2.45, 2.75) is 39.3 Å². The van der Waals surface area contributed by atoms with Crippen LogP contribution in [0.15, 0.2) is 41.1 Å². The van der Waals surface area contributed by atoms with Gasteiger partial charge in [-0.25, -0.2) is 0 Å². The second-order valence-electron chi connectivity index (χ2n) is 6.85. The third kappa shape index (κ3) is 6.56. The van der Waals surface area contributed by atoms with Crippen LogP contribution in [-0.4, -0.2) is 53.0 Å². The third-order valence-corrected chi connectivity index (χ3v) is 4.67. The summed E-state index contributed by atoms with van der Waals surface area (Å²) < 4.78 is 12.5. The van der Waals surface area contributed by atoms with Gasteiger partial charge in [0.2, 0.25) is 11.8 Å². The van der Waals surface area contributed by atoms with Gasteiger partial charge in [0.05, 0.1) is 32.5 Å². The molecule has 2 rings (SSSR count). The van der Waals surface area contributed by atoms with Crippen LogP contribution in [0.3, 0.4) is 0 Å². The van der Waals surface area contributed by atoms with Gasteiger partial charge in [-0.15, -0.1) is 0 Å². The number of furan rings is 1. The maximum atomic E-state index is 13.1. The molecule has 7 heteroatoms. The number of unbranched alkanes of at least 4 members (excludes halogenated alkanes) is 1. The van der Waals surface area contributed by atoms with Crippen molar-refractivity contribution in [3.63, 3.8) is 0 Å². The molecule has 2 amide bonds. The molecule has 0 aliphatic heterocycles. The van der Waals surface area contributed by atoms with Crippen LogP contribution in [0.5, 0.6) is 0 Å². The number of amides is 2. The van der Waals surface area contributed by atoms with Gasteiger partial charge in [0.15, 0.2) is 0 Å². The number of ether oxygens (including phenoxy) is 1. The van der Waals surface area contributed by atoms with Crippen molar-refractivity contribution in [1.29, 1.82) is 0 Å². The summed E-state index contributed by atoms with van der Waals surface area (Å²) >= 11 is 0. The molecule has 2 aromatic heterocycles. The van der Waals surface area contributed by atoms with Crippen molar-refractivity contribution in [3.05, 3.63) is 48.2 Å². The van der Waals surface area contributed by atoms with Gasteiger partial charge in [-0.2, -0.15) is 0 Å². The van der Waals surface area contributed by atoms with E-state index in [1.54, 1.807) is 29.2 Å². The Morgan fingerprint density at radius 2 is 1.96 bits per heavy atom. The number of carbonyl (C=O) groups excluding carboxylic acids is 2. The van der Waals surface area contributed by atoms with Crippen LogP contribution in [0.4, 0.5) is 0 Å². The van der Waals surface area contributed by atoms with Gasteiger partial charge in [-0.3, -0.25) is 9.59 Å². The summed E-state index contributed by atoms with van der Waals surface area (Å²) in [5.41, 5.74) is 1.01. The normalized spacial score (nSPS) is 10.8. The first kappa shape index (κ1) is 21.8. The Hall–Kier alpha value is -2.54. The van der Waals surface area contributed by atoms with E-state index in [1.165, 1.54) is 0 Å². The van der Waals surface area contributed by atoms with Crippen molar-refractivity contribution >= 4 is 11.8 Å². The van der Waals surface area contributed by atoms with Gasteiger partial charge >= 0.3 is 0 Å². The molecule has 0 fully saturated rings. The summed E-state index contributed by atoms with van der Waals surface area (Å²) in [5.74, 6) is 0.589. The standard InChI is InChI=1S/C21H31N3O4/c1-4-5-10-20(25)23(12-14-27-3)17-21(26)24(16-19-9-7-13-28-19)15-18-8-6-11-22(18)2/h6-9,11,13H,4-5,10,12,14-17H2,1-3H3. The molecule has 0 atom stereocenters. The third-order valence-electron chi connectivity index (χ3n) is 4.67. The van der Waals surface area contributed by atoms with Crippen LogP contribution >= 0.6 is 0 Å². The lowest BCUT2D eigenvalue weighted by molar-refractivity contribution is -0.142. The highest BCUT2D eigenvalue weighted by Crippen LogP contribution is 2.12. The largest absolute Gasteiger partial charge is 0.467 e. The monoisotopic (exact) mass is 389 g/mol. The molecule has 0 spiro atoms. The molecule has 154 valence electrons. The zero-order chi connectivity index (χ0) is 20.4. The highest BCUT2D eigenvalue weighted by Gasteiger charge is 2.22. The van der Waals surface area contributed by atoms with E-state index < -0.39 is 0 Å². The first-order valence-electron chi connectivity index (χ1n) is 9.72. The fourth-order valence-electron chi connectivity index (χ4n) is 2.92. The van der Waals surface area contributed by atoms with E-state index in [0.717, 1.165) is 18.5 Å². The lowest BCUT2D eigenvalue weighted by atomic mass is 10.2. The summed E-state index contributed by atoms with van der Waals surface area (Å²) in [6, 6.07) is 7.58. The molecule has 0 aliphatic rings. The van der Waals surface area contributed by atoms with Crippen LogP contribution < -0.4 is 0 Å². The van der Waals surface area contributed by atoms with Crippen LogP contribution in [0.1, 0.15) is 37.6 Å². The molecule has 0 saturated heterocycles. The predicted octanol–water partition coefficient (Wildman–Crippen LogP) is 2.81. The average molecular weight is 389 g/mol. The highest BCUT2D eigenvalue weighted by molar-refractivity contribution is 5.84. The molecule has 2 aromatic rings. The molecule has 0 bridgehead atoms. The van der Waals surface area contributed by atoms with E-state index in [2.05, 4.69) is 0 Å². The molecule has 7 nitrogen and oxygen atoms in total. The van der Waals surface area contributed by atoms with Crippen LogP contribution in [0.2, 0.25) is 0 Å². The van der Waals surface area contributed by atoms with Crippen molar-refractivity contribution in [1.82, 2.24) is 14.4 Å². The second kappa shape index (κ2) is 11.3. The molecule has 28 heavy (non-hydrogen) atoms. The Kier molecular flexibility index (Phi) is 8.81. The van der Waals surface area contributed by atoms with Gasteiger partial charge in [0.25, 0.3) is 0 Å². The van der Waals surface area contributed by atoms with E-state index >= 15 is 0 Å². The van der Waals surface area contributed by atoms with Gasteiger partial charge < -0.3 is 23.5 Å². The molecular formula is C21H31N3O4. The van der Waals surface area contributed by atoms with E-state index in [1.807, 2.05) is 42.9 Å². The number of aryl methyl sites for hydroxylation is 1. The topological polar surface area (TPSA) is 67.9 Å². The van der Waals surface area contributed by atoms with E-state index in [-0.39, 0.29) is 18.4 Å². The number of hydrogen-bond acceptors (Lipinski definition) is 4. The molecule has 0 saturated carbocycles. The lowest BCUT2D eigenvalue weighted by Crippen LogP contribution is -2.43. The minimum Gasteiger partial charge on any atom is -0.467 e. The maximum Gasteiger partial charge on any atom is 0.242 e. The number of carbonyl (C=O) groups is 2. The van der Waals surface area contributed by atoms with Crippen molar-refractivity contribution in [2.24, 2.45) is 7.05 Å². The Morgan fingerprint density at radius 3 is 2.57 bits per heavy atom. The van der Waals surface area contributed by atoms with Crippen molar-refractivity contribution < 1.29 is 18.7 Å². The number of hydrogen-bond donors (Lipinski definition) is 0. The minimum absolute atomic E-state index is 0.0101. The SMILES string of the molecule is CCCCC(=O)N(CCOC)CC(=O)N(Cc1ccco1)Cc1cccn1C. The van der Waals surface area contributed by atoms with E-state index in [4.69, 9.17) is 9.15 Å². The van der Waals surface area contributed by atoms with Gasteiger partial charge in [-0.1, -0.05) is 13.3 Å². The predicted molar refractivity (Wildman–Crippen MR) is 106 cm³/mol. The lowest BCUT2D eigenvalue weighted by Gasteiger charge is -2.27. The Bertz CT molecular complexity index is 724. The van der Waals surface area contributed by atoms with Crippen LogP contribution in [-0.2, 0) is 34.5 Å². The van der Waals surface area contributed by atoms with Gasteiger partial charge in [0.1, 0.15) is 5.76 Å². The first-order chi connectivity index (χ1) is 13.5. The minimum atomic E-state index is -0.112. The molecule has 0 unspecified atom stereocenters. The quantitative estimate of drug-likeness (QED) is 0.560. The second-order valence-corrected chi connectivity index (χ2v) is 6.85. The number of methoxy groups -OCH3 is 1. The van der Waals surface area contributed by atoms with E-state index in [9.17, 15) is 9.59 Å². The van der Waals surface area contributed by atoms with Crippen LogP contribution in [0.25, 0.3) is 0 Å². The highest BCUT2D eigenvalue weighted by atomic mass is 16.5. The fraction of sp³-hybridized carbons (Fsp3) is 0.524. The Morgan fingerprint density at radius 1 is 1.14 bits per heavy atom. The molecule has 0 aromatic carbocycles. The van der Waals surface area contributed by atoms with Crippen molar-refractivity contribution in [2.75, 3.05) is 26.8 Å². The van der Waals surface area contributed by atoms with Gasteiger partial charge in [0, 0.05) is 39.0 Å². The molecule has 0 N–H and O–H groups in total. The summed E-state index contributed by atoms with van der Waals surface area (Å²) in [6.07, 6.45) is 5.75. The van der Waals surface area contributed by atoms with Crippen molar-refractivity contribution in [3.8, 4) is 0 Å². The molecule has 0 radical (unpaired) electrons. The smallest absolute Gasteiger partial charge is 0.242 e. The summed E-state index contributed by atoms with van der Waals surface area (Å²) in [6.45, 7) is 3.70. The van der Waals surface area contributed by atoms with Gasteiger partial charge in [-0.05, 0) is 30.7 Å². The number of aromatic nitrogens is 1. The summed E-state index contributed by atoms with van der Waals surface area (Å²) in [4.78, 5) is 29.0. The van der Waals surface area contributed by atoms with Crippen LogP contribution in [0, 0.1) is 0 Å². The first-order valence-corrected chi connectivity index (χ1v) is 9.72. The maximum absolute atomic E-state index is 13.1. The number of rotatable bonds is 12. The molecular weight excluding hydrogens is 358 g/mol. The average Bonchev–Trinajstić information content (AvgIpc) is 3.34. The molecule has 0 aliphatic carbocycles. The number of nitrogens with zero attached hydrogens (tertiary/aromatic N) is 3. The zero-order valence-electron chi connectivity index (χ0n) is 17.1. The summed E-state index contributed by atoms with van der Waals surface area (Å²) in [7, 11) is 3.54. The Labute approximate surface area is 166 Å². The fourth-order valence-corrected chi connectivity index (χ4v) is 2.92. The van der Waals surface area contributed by atoms with E-state index in [0.29, 0.717) is 38.4 Å². The zero-order valence-corrected chi connectivity index (χ0v) is 17.1. The summed E-state index contributed by atoms with van der Waals surface area (Å²) in [5, 5.41) is 0.